The summed E-state index contributed by atoms with van der Waals surface area (Å²) in [6.45, 7) is 14.2. The predicted molar refractivity (Wildman–Crippen MR) is 92.3 cm³/mol. The molecule has 0 aliphatic carbocycles. The van der Waals surface area contributed by atoms with Crippen molar-refractivity contribution in [3.63, 3.8) is 0 Å². The number of aliphatic imine (C=N–C) groups is 1. The van der Waals surface area contributed by atoms with Gasteiger partial charge in [0.25, 0.3) is 0 Å². The van der Waals surface area contributed by atoms with Gasteiger partial charge in [-0.25, -0.2) is 0 Å². The zero-order valence-corrected chi connectivity index (χ0v) is 15.1. The number of carbonyl (C=O) groups is 2. The lowest BCUT2D eigenvalue weighted by molar-refractivity contribution is -0.130. The van der Waals surface area contributed by atoms with Crippen molar-refractivity contribution < 1.29 is 9.59 Å². The third-order valence-electron chi connectivity index (χ3n) is 3.70. The van der Waals surface area contributed by atoms with Gasteiger partial charge < -0.3 is 20.4 Å². The van der Waals surface area contributed by atoms with E-state index in [2.05, 4.69) is 20.5 Å². The van der Waals surface area contributed by atoms with Gasteiger partial charge in [-0.2, -0.15) is 0 Å². The van der Waals surface area contributed by atoms with Crippen LogP contribution in [0.1, 0.15) is 34.6 Å². The number of nitrogens with one attached hydrogen (secondary N) is 2. The Morgan fingerprint density at radius 3 is 2.09 bits per heavy atom. The molecule has 0 unspecified atom stereocenters. The summed E-state index contributed by atoms with van der Waals surface area (Å²) in [5, 5.41) is 6.17. The van der Waals surface area contributed by atoms with Crippen LogP contribution in [0.4, 0.5) is 0 Å². The average molecular weight is 325 g/mol. The summed E-state index contributed by atoms with van der Waals surface area (Å²) in [5.74, 6) is 1.00. The Labute approximate surface area is 139 Å². The van der Waals surface area contributed by atoms with Gasteiger partial charge in [0.1, 0.15) is 0 Å². The van der Waals surface area contributed by atoms with Crippen molar-refractivity contribution in [2.45, 2.75) is 34.6 Å². The number of guanidine groups is 1. The molecule has 132 valence electrons. The molecule has 2 amide bonds. The molecular weight excluding hydrogens is 294 g/mol. The molecule has 0 radical (unpaired) electrons. The summed E-state index contributed by atoms with van der Waals surface area (Å²) in [6.07, 6.45) is 0. The fourth-order valence-electron chi connectivity index (χ4n) is 2.26. The first kappa shape index (κ1) is 19.3. The van der Waals surface area contributed by atoms with Crippen molar-refractivity contribution in [1.29, 1.82) is 0 Å². The fourth-order valence-corrected chi connectivity index (χ4v) is 2.26. The van der Waals surface area contributed by atoms with Crippen LogP contribution in [0.15, 0.2) is 4.99 Å². The molecule has 7 nitrogen and oxygen atoms in total. The van der Waals surface area contributed by atoms with E-state index in [1.807, 2.05) is 32.6 Å². The van der Waals surface area contributed by atoms with E-state index in [-0.39, 0.29) is 17.2 Å². The average Bonchev–Trinajstić information content (AvgIpc) is 2.49. The topological polar surface area (TPSA) is 77.0 Å². The number of hydrogen-bond acceptors (Lipinski definition) is 3. The van der Waals surface area contributed by atoms with Gasteiger partial charge in [0, 0.05) is 51.6 Å². The van der Waals surface area contributed by atoms with Gasteiger partial charge in [0.15, 0.2) is 5.96 Å². The Hall–Kier alpha value is -1.79. The molecule has 2 N–H and O–H groups in total. The van der Waals surface area contributed by atoms with Gasteiger partial charge in [0.2, 0.25) is 11.8 Å². The lowest BCUT2D eigenvalue weighted by atomic mass is 9.96. The van der Waals surface area contributed by atoms with E-state index in [0.29, 0.717) is 13.1 Å². The molecule has 0 bridgehead atoms. The number of hydrogen-bond donors (Lipinski definition) is 2. The lowest BCUT2D eigenvalue weighted by Gasteiger charge is -2.36. The number of piperazine rings is 1. The van der Waals surface area contributed by atoms with E-state index >= 15 is 0 Å². The van der Waals surface area contributed by atoms with Gasteiger partial charge in [-0.05, 0) is 6.92 Å². The largest absolute Gasteiger partial charge is 0.357 e. The quantitative estimate of drug-likeness (QED) is 0.442. The molecule has 0 aromatic heterocycles. The SMILES string of the molecule is CCNC(=NCCNC(=O)C(C)(C)C)N1CCN(C(C)=O)CC1. The molecule has 1 rings (SSSR count). The molecule has 1 aliphatic heterocycles. The van der Waals surface area contributed by atoms with Crippen LogP contribution in [-0.4, -0.2) is 73.4 Å². The number of amides is 2. The Balaban J connectivity index is 2.48. The second kappa shape index (κ2) is 8.74. The third-order valence-corrected chi connectivity index (χ3v) is 3.70. The van der Waals surface area contributed by atoms with Crippen molar-refractivity contribution in [2.24, 2.45) is 10.4 Å². The molecule has 1 fully saturated rings. The monoisotopic (exact) mass is 325 g/mol. The van der Waals surface area contributed by atoms with Gasteiger partial charge in [0.05, 0.1) is 6.54 Å². The Morgan fingerprint density at radius 2 is 1.61 bits per heavy atom. The lowest BCUT2D eigenvalue weighted by Crippen LogP contribution is -2.53. The maximum atomic E-state index is 11.8. The van der Waals surface area contributed by atoms with Crippen molar-refractivity contribution in [2.75, 3.05) is 45.8 Å². The van der Waals surface area contributed by atoms with Crippen LogP contribution in [-0.2, 0) is 9.59 Å². The van der Waals surface area contributed by atoms with Crippen molar-refractivity contribution in [1.82, 2.24) is 20.4 Å². The van der Waals surface area contributed by atoms with Crippen LogP contribution in [0.2, 0.25) is 0 Å². The summed E-state index contributed by atoms with van der Waals surface area (Å²) >= 11 is 0. The van der Waals surface area contributed by atoms with Crippen LogP contribution in [0.3, 0.4) is 0 Å². The molecule has 0 aromatic carbocycles. The number of nitrogens with zero attached hydrogens (tertiary/aromatic N) is 3. The van der Waals surface area contributed by atoms with Crippen molar-refractivity contribution in [3.05, 3.63) is 0 Å². The molecule has 23 heavy (non-hydrogen) atoms. The van der Waals surface area contributed by atoms with E-state index in [1.165, 1.54) is 0 Å². The maximum absolute atomic E-state index is 11.8. The summed E-state index contributed by atoms with van der Waals surface area (Å²) in [5.41, 5.74) is -0.378. The zero-order chi connectivity index (χ0) is 17.5. The van der Waals surface area contributed by atoms with Crippen LogP contribution < -0.4 is 10.6 Å². The standard InChI is InChI=1S/C16H31N5O2/c1-6-17-15(19-8-7-18-14(23)16(3,4)5)21-11-9-20(10-12-21)13(2)22/h6-12H2,1-5H3,(H,17,19)(H,18,23). The Bertz CT molecular complexity index is 434. The summed E-state index contributed by atoms with van der Waals surface area (Å²) < 4.78 is 0. The Kier molecular flexibility index (Phi) is 7.32. The van der Waals surface area contributed by atoms with Crippen LogP contribution >= 0.6 is 0 Å². The highest BCUT2D eigenvalue weighted by atomic mass is 16.2. The highest BCUT2D eigenvalue weighted by molar-refractivity contribution is 5.82. The van der Waals surface area contributed by atoms with Crippen molar-refractivity contribution in [3.8, 4) is 0 Å². The molecule has 0 spiro atoms. The van der Waals surface area contributed by atoms with Gasteiger partial charge in [-0.3, -0.25) is 14.6 Å². The minimum atomic E-state index is -0.378. The number of rotatable bonds is 4. The minimum absolute atomic E-state index is 0.0350. The third kappa shape index (κ3) is 6.46. The van der Waals surface area contributed by atoms with Gasteiger partial charge in [-0.15, -0.1) is 0 Å². The van der Waals surface area contributed by atoms with E-state index < -0.39 is 0 Å². The van der Waals surface area contributed by atoms with Gasteiger partial charge in [-0.1, -0.05) is 20.8 Å². The van der Waals surface area contributed by atoms with E-state index in [0.717, 1.165) is 38.7 Å². The van der Waals surface area contributed by atoms with Crippen LogP contribution in [0.5, 0.6) is 0 Å². The first-order valence-corrected chi connectivity index (χ1v) is 8.32. The van der Waals surface area contributed by atoms with Crippen LogP contribution in [0, 0.1) is 5.41 Å². The zero-order valence-electron chi connectivity index (χ0n) is 15.1. The predicted octanol–water partition coefficient (Wildman–Crippen LogP) is 0.278. The van der Waals surface area contributed by atoms with E-state index in [4.69, 9.17) is 0 Å². The number of carbonyl (C=O) groups excluding carboxylic acids is 2. The van der Waals surface area contributed by atoms with E-state index in [1.54, 1.807) is 6.92 Å². The molecule has 1 heterocycles. The second-order valence-corrected chi connectivity index (χ2v) is 6.73. The highest BCUT2D eigenvalue weighted by Crippen LogP contribution is 2.11. The van der Waals surface area contributed by atoms with Gasteiger partial charge >= 0.3 is 0 Å². The molecule has 1 aliphatic rings. The first-order valence-electron chi connectivity index (χ1n) is 8.32. The summed E-state index contributed by atoms with van der Waals surface area (Å²) in [4.78, 5) is 31.8. The molecule has 7 heteroatoms. The summed E-state index contributed by atoms with van der Waals surface area (Å²) in [6, 6.07) is 0. The maximum Gasteiger partial charge on any atom is 0.225 e. The smallest absolute Gasteiger partial charge is 0.225 e. The second-order valence-electron chi connectivity index (χ2n) is 6.73. The first-order chi connectivity index (χ1) is 10.8. The fraction of sp³-hybridized carbons (Fsp3) is 0.812. The molecule has 0 aromatic rings. The Morgan fingerprint density at radius 1 is 1.04 bits per heavy atom. The molecule has 1 saturated heterocycles. The van der Waals surface area contributed by atoms with Crippen LogP contribution in [0.25, 0.3) is 0 Å². The summed E-state index contributed by atoms with van der Waals surface area (Å²) in [7, 11) is 0. The minimum Gasteiger partial charge on any atom is -0.357 e. The normalized spacial score (nSPS) is 16.3. The molecule has 0 saturated carbocycles. The van der Waals surface area contributed by atoms with E-state index in [9.17, 15) is 9.59 Å². The van der Waals surface area contributed by atoms with Crippen molar-refractivity contribution >= 4 is 17.8 Å². The molecule has 0 atom stereocenters. The molecular formula is C16H31N5O2. The highest BCUT2D eigenvalue weighted by Gasteiger charge is 2.21.